The monoisotopic (exact) mass is 194 g/mol. The maximum atomic E-state index is 9.91. The Labute approximate surface area is 85.5 Å². The third-order valence-electron chi connectivity index (χ3n) is 2.67. The van der Waals surface area contributed by atoms with Gasteiger partial charge in [-0.2, -0.15) is 0 Å². The van der Waals surface area contributed by atoms with Crippen LogP contribution in [0.5, 0.6) is 0 Å². The first kappa shape index (κ1) is 11.2. The number of likely N-dealkylation sites (tertiary alicyclic amines) is 1. The number of hydrogen-bond donors (Lipinski definition) is 0. The molecular formula is C11H18N2O. The number of rotatable bonds is 4. The lowest BCUT2D eigenvalue weighted by Crippen LogP contribution is -2.32. The molecule has 0 spiro atoms. The molecule has 3 heteroatoms. The summed E-state index contributed by atoms with van der Waals surface area (Å²) in [7, 11) is 2.15. The Bertz CT molecular complexity index is 244. The summed E-state index contributed by atoms with van der Waals surface area (Å²) in [5.74, 6) is 0.697. The molecule has 0 amide bonds. The van der Waals surface area contributed by atoms with Crippen molar-refractivity contribution >= 4 is 6.08 Å². The smallest absolute Gasteiger partial charge is 0.235 e. The van der Waals surface area contributed by atoms with E-state index in [-0.39, 0.29) is 0 Å². The Kier molecular flexibility index (Phi) is 4.57. The highest BCUT2D eigenvalue weighted by Gasteiger charge is 2.17. The van der Waals surface area contributed by atoms with E-state index in [0.29, 0.717) is 12.5 Å². The Morgan fingerprint density at radius 1 is 1.71 bits per heavy atom. The molecule has 1 fully saturated rings. The maximum absolute atomic E-state index is 9.91. The molecule has 1 aliphatic rings. The van der Waals surface area contributed by atoms with Crippen LogP contribution in [0.3, 0.4) is 0 Å². The van der Waals surface area contributed by atoms with Crippen molar-refractivity contribution in [2.24, 2.45) is 10.9 Å². The first-order chi connectivity index (χ1) is 6.72. The predicted octanol–water partition coefficient (Wildman–Crippen LogP) is 1.61. The molecule has 1 heterocycles. The summed E-state index contributed by atoms with van der Waals surface area (Å²) in [6, 6.07) is 0. The second-order valence-electron chi connectivity index (χ2n) is 4.13. The van der Waals surface area contributed by atoms with Gasteiger partial charge in [0, 0.05) is 6.54 Å². The van der Waals surface area contributed by atoms with Gasteiger partial charge in [0.2, 0.25) is 6.08 Å². The molecule has 0 bridgehead atoms. The van der Waals surface area contributed by atoms with E-state index in [9.17, 15) is 4.79 Å². The third kappa shape index (κ3) is 3.86. The SMILES string of the molecule is C=C(CN=C=O)CC1CCCN(C)C1. The van der Waals surface area contributed by atoms with E-state index in [1.54, 1.807) is 6.08 Å². The van der Waals surface area contributed by atoms with E-state index < -0.39 is 0 Å². The first-order valence-corrected chi connectivity index (χ1v) is 5.11. The Balaban J connectivity index is 2.28. The second-order valence-corrected chi connectivity index (χ2v) is 4.13. The molecule has 78 valence electrons. The van der Waals surface area contributed by atoms with Gasteiger partial charge in [0.05, 0.1) is 6.54 Å². The summed E-state index contributed by atoms with van der Waals surface area (Å²) >= 11 is 0. The zero-order valence-corrected chi connectivity index (χ0v) is 8.83. The average Bonchev–Trinajstić information content (AvgIpc) is 2.15. The van der Waals surface area contributed by atoms with E-state index in [1.807, 2.05) is 0 Å². The highest BCUT2D eigenvalue weighted by atomic mass is 16.1. The highest BCUT2D eigenvalue weighted by Crippen LogP contribution is 2.21. The Morgan fingerprint density at radius 2 is 2.50 bits per heavy atom. The van der Waals surface area contributed by atoms with Gasteiger partial charge in [-0.15, -0.1) is 0 Å². The molecular weight excluding hydrogens is 176 g/mol. The van der Waals surface area contributed by atoms with Crippen LogP contribution in [-0.2, 0) is 4.79 Å². The van der Waals surface area contributed by atoms with Crippen LogP contribution >= 0.6 is 0 Å². The van der Waals surface area contributed by atoms with Crippen LogP contribution < -0.4 is 0 Å². The Morgan fingerprint density at radius 3 is 3.14 bits per heavy atom. The van der Waals surface area contributed by atoms with Crippen molar-refractivity contribution < 1.29 is 4.79 Å². The van der Waals surface area contributed by atoms with Crippen LogP contribution in [0.2, 0.25) is 0 Å². The number of aliphatic imine (C=N–C) groups is 1. The normalized spacial score (nSPS) is 22.8. The summed E-state index contributed by atoms with van der Waals surface area (Å²) in [5.41, 5.74) is 1.05. The zero-order valence-electron chi connectivity index (χ0n) is 8.83. The third-order valence-corrected chi connectivity index (χ3v) is 2.67. The average molecular weight is 194 g/mol. The summed E-state index contributed by atoms with van der Waals surface area (Å²) in [4.78, 5) is 15.8. The lowest BCUT2D eigenvalue weighted by molar-refractivity contribution is 0.209. The standard InChI is InChI=1S/C11H18N2O/c1-10(7-12-9-14)6-11-4-3-5-13(2)8-11/h11H,1,3-8H2,2H3. The van der Waals surface area contributed by atoms with Crippen molar-refractivity contribution in [3.8, 4) is 0 Å². The number of isocyanates is 1. The second kappa shape index (κ2) is 5.74. The van der Waals surface area contributed by atoms with Crippen LogP contribution in [0.25, 0.3) is 0 Å². The molecule has 1 aliphatic heterocycles. The van der Waals surface area contributed by atoms with E-state index in [2.05, 4.69) is 23.5 Å². The maximum Gasteiger partial charge on any atom is 0.235 e. The van der Waals surface area contributed by atoms with Crippen molar-refractivity contribution in [1.82, 2.24) is 4.90 Å². The van der Waals surface area contributed by atoms with Crippen molar-refractivity contribution in [3.63, 3.8) is 0 Å². The molecule has 3 nitrogen and oxygen atoms in total. The highest BCUT2D eigenvalue weighted by molar-refractivity contribution is 5.33. The van der Waals surface area contributed by atoms with Gasteiger partial charge in [0.25, 0.3) is 0 Å². The lowest BCUT2D eigenvalue weighted by atomic mass is 9.92. The molecule has 0 radical (unpaired) electrons. The summed E-state index contributed by atoms with van der Waals surface area (Å²) in [5, 5.41) is 0. The van der Waals surface area contributed by atoms with Crippen LogP contribution in [0.1, 0.15) is 19.3 Å². The molecule has 0 aromatic heterocycles. The van der Waals surface area contributed by atoms with Crippen molar-refractivity contribution in [2.45, 2.75) is 19.3 Å². The van der Waals surface area contributed by atoms with Gasteiger partial charge in [0.15, 0.2) is 0 Å². The van der Waals surface area contributed by atoms with Crippen molar-refractivity contribution in [1.29, 1.82) is 0 Å². The fourth-order valence-corrected chi connectivity index (χ4v) is 2.06. The van der Waals surface area contributed by atoms with Gasteiger partial charge >= 0.3 is 0 Å². The van der Waals surface area contributed by atoms with Gasteiger partial charge in [0.1, 0.15) is 0 Å². The minimum absolute atomic E-state index is 0.448. The molecule has 0 aliphatic carbocycles. The fraction of sp³-hybridized carbons (Fsp3) is 0.727. The number of piperidine rings is 1. The summed E-state index contributed by atoms with van der Waals surface area (Å²) < 4.78 is 0. The molecule has 0 saturated carbocycles. The molecule has 14 heavy (non-hydrogen) atoms. The lowest BCUT2D eigenvalue weighted by Gasteiger charge is -2.29. The van der Waals surface area contributed by atoms with Gasteiger partial charge in [-0.05, 0) is 38.8 Å². The largest absolute Gasteiger partial charge is 0.306 e. The van der Waals surface area contributed by atoms with E-state index in [0.717, 1.165) is 18.5 Å². The predicted molar refractivity (Wildman–Crippen MR) is 57.0 cm³/mol. The molecule has 0 aromatic carbocycles. The molecule has 1 rings (SSSR count). The van der Waals surface area contributed by atoms with Crippen molar-refractivity contribution in [2.75, 3.05) is 26.7 Å². The van der Waals surface area contributed by atoms with E-state index in [4.69, 9.17) is 0 Å². The minimum atomic E-state index is 0.448. The van der Waals surface area contributed by atoms with E-state index in [1.165, 1.54) is 19.4 Å². The van der Waals surface area contributed by atoms with Crippen LogP contribution in [0, 0.1) is 5.92 Å². The molecule has 0 aromatic rings. The number of hydrogen-bond acceptors (Lipinski definition) is 3. The quantitative estimate of drug-likeness (QED) is 0.387. The molecule has 1 saturated heterocycles. The Hall–Kier alpha value is -0.920. The topological polar surface area (TPSA) is 32.7 Å². The molecule has 0 N–H and O–H groups in total. The van der Waals surface area contributed by atoms with Crippen LogP contribution in [0.15, 0.2) is 17.1 Å². The van der Waals surface area contributed by atoms with Crippen molar-refractivity contribution in [3.05, 3.63) is 12.2 Å². The van der Waals surface area contributed by atoms with Gasteiger partial charge in [-0.25, -0.2) is 9.79 Å². The number of carbonyl (C=O) groups excluding carboxylic acids is 1. The van der Waals surface area contributed by atoms with Gasteiger partial charge < -0.3 is 4.90 Å². The van der Waals surface area contributed by atoms with Crippen LogP contribution in [0.4, 0.5) is 0 Å². The zero-order chi connectivity index (χ0) is 10.4. The van der Waals surface area contributed by atoms with Gasteiger partial charge in [-0.1, -0.05) is 12.2 Å². The molecule has 1 unspecified atom stereocenters. The van der Waals surface area contributed by atoms with E-state index >= 15 is 0 Å². The number of nitrogens with zero attached hydrogens (tertiary/aromatic N) is 2. The molecule has 1 atom stereocenters. The summed E-state index contributed by atoms with van der Waals surface area (Å²) in [6.45, 7) is 6.71. The summed E-state index contributed by atoms with van der Waals surface area (Å²) in [6.07, 6.45) is 5.09. The van der Waals surface area contributed by atoms with Crippen LogP contribution in [-0.4, -0.2) is 37.7 Å². The first-order valence-electron chi connectivity index (χ1n) is 5.11. The fourth-order valence-electron chi connectivity index (χ4n) is 2.06. The van der Waals surface area contributed by atoms with Gasteiger partial charge in [-0.3, -0.25) is 0 Å². The minimum Gasteiger partial charge on any atom is -0.306 e.